The van der Waals surface area contributed by atoms with Gasteiger partial charge in [-0.25, -0.2) is 8.42 Å². The number of para-hydroxylation sites is 1. The Balaban J connectivity index is 1.85. The lowest BCUT2D eigenvalue weighted by molar-refractivity contribution is 0.0936. The molecule has 162 valence electrons. The van der Waals surface area contributed by atoms with Gasteiger partial charge in [0.1, 0.15) is 0 Å². The van der Waals surface area contributed by atoms with Crippen molar-refractivity contribution in [2.45, 2.75) is 45.1 Å². The number of benzene rings is 3. The van der Waals surface area contributed by atoms with Gasteiger partial charge in [0, 0.05) is 0 Å². The maximum absolute atomic E-state index is 13.1. The minimum Gasteiger partial charge on any atom is -0.345 e. The molecule has 1 atom stereocenters. The van der Waals surface area contributed by atoms with Crippen molar-refractivity contribution >= 4 is 21.6 Å². The highest BCUT2D eigenvalue weighted by atomic mass is 32.2. The zero-order valence-corrected chi connectivity index (χ0v) is 19.1. The molecule has 3 aromatic carbocycles. The van der Waals surface area contributed by atoms with Gasteiger partial charge < -0.3 is 5.32 Å². The van der Waals surface area contributed by atoms with Crippen LogP contribution < -0.4 is 10.0 Å². The zero-order chi connectivity index (χ0) is 22.6. The molecule has 2 N–H and O–H groups in total. The number of nitrogens with one attached hydrogen (secondary N) is 2. The summed E-state index contributed by atoms with van der Waals surface area (Å²) in [6, 6.07) is 19.2. The van der Waals surface area contributed by atoms with Crippen LogP contribution >= 0.6 is 0 Å². The molecule has 5 nitrogen and oxygen atoms in total. The third-order valence-corrected chi connectivity index (χ3v) is 6.78. The van der Waals surface area contributed by atoms with Gasteiger partial charge in [0.05, 0.1) is 22.2 Å². The van der Waals surface area contributed by atoms with Crippen LogP contribution in [0.4, 0.5) is 5.69 Å². The molecular weight excluding hydrogens is 408 g/mol. The van der Waals surface area contributed by atoms with Crippen molar-refractivity contribution in [3.8, 4) is 0 Å². The molecule has 1 unspecified atom stereocenters. The standard InChI is InChI=1S/C25H28N2O3S/c1-5-23(20-13-12-18(3)19(4)16-20)26-25(28)22-8-6-7-9-24(22)27-31(29,30)21-14-10-17(2)11-15-21/h6-16,23,27H,5H2,1-4H3,(H,26,28). The molecule has 3 rings (SSSR count). The molecule has 31 heavy (non-hydrogen) atoms. The van der Waals surface area contributed by atoms with Crippen LogP contribution in [0.25, 0.3) is 0 Å². The Hall–Kier alpha value is -3.12. The molecule has 0 aliphatic rings. The molecule has 0 heterocycles. The Labute approximate surface area is 184 Å². The molecule has 0 aliphatic heterocycles. The van der Waals surface area contributed by atoms with Crippen molar-refractivity contribution in [2.75, 3.05) is 4.72 Å². The van der Waals surface area contributed by atoms with Crippen LogP contribution in [0.15, 0.2) is 71.6 Å². The third-order valence-electron chi connectivity index (χ3n) is 5.39. The largest absolute Gasteiger partial charge is 0.345 e. The normalized spacial score (nSPS) is 12.3. The van der Waals surface area contributed by atoms with Crippen molar-refractivity contribution < 1.29 is 13.2 Å². The summed E-state index contributed by atoms with van der Waals surface area (Å²) in [5.74, 6) is -0.327. The van der Waals surface area contributed by atoms with E-state index in [9.17, 15) is 13.2 Å². The molecule has 0 saturated heterocycles. The van der Waals surface area contributed by atoms with Crippen LogP contribution in [0, 0.1) is 20.8 Å². The van der Waals surface area contributed by atoms with Gasteiger partial charge in [0.15, 0.2) is 0 Å². The first-order chi connectivity index (χ1) is 14.7. The summed E-state index contributed by atoms with van der Waals surface area (Å²) in [6.07, 6.45) is 0.714. The summed E-state index contributed by atoms with van der Waals surface area (Å²) < 4.78 is 28.2. The number of carbonyl (C=O) groups excluding carboxylic acids is 1. The summed E-state index contributed by atoms with van der Waals surface area (Å²) in [7, 11) is -3.81. The van der Waals surface area contributed by atoms with E-state index in [1.807, 2.05) is 32.9 Å². The lowest BCUT2D eigenvalue weighted by Crippen LogP contribution is -2.29. The van der Waals surface area contributed by atoms with Crippen molar-refractivity contribution in [3.05, 3.63) is 94.5 Å². The number of anilines is 1. The Bertz CT molecular complexity index is 1190. The lowest BCUT2D eigenvalue weighted by Gasteiger charge is -2.20. The molecule has 0 radical (unpaired) electrons. The highest BCUT2D eigenvalue weighted by Gasteiger charge is 2.20. The third kappa shape index (κ3) is 5.33. The van der Waals surface area contributed by atoms with Gasteiger partial charge >= 0.3 is 0 Å². The second-order valence-corrected chi connectivity index (χ2v) is 9.42. The molecule has 0 fully saturated rings. The topological polar surface area (TPSA) is 75.3 Å². The number of amides is 1. The quantitative estimate of drug-likeness (QED) is 0.528. The van der Waals surface area contributed by atoms with Crippen LogP contribution in [0.2, 0.25) is 0 Å². The monoisotopic (exact) mass is 436 g/mol. The molecule has 0 saturated carbocycles. The summed E-state index contributed by atoms with van der Waals surface area (Å²) in [5.41, 5.74) is 4.88. The Morgan fingerprint density at radius 2 is 1.58 bits per heavy atom. The second kappa shape index (κ2) is 9.35. The number of sulfonamides is 1. The first-order valence-corrected chi connectivity index (χ1v) is 11.8. The van der Waals surface area contributed by atoms with Crippen LogP contribution in [0.1, 0.15) is 52.0 Å². The minimum atomic E-state index is -3.81. The fourth-order valence-corrected chi connectivity index (χ4v) is 4.41. The Morgan fingerprint density at radius 3 is 2.23 bits per heavy atom. The predicted octanol–water partition coefficient (Wildman–Crippen LogP) is 5.29. The van der Waals surface area contributed by atoms with Gasteiger partial charge in [0.25, 0.3) is 15.9 Å². The highest BCUT2D eigenvalue weighted by Crippen LogP contribution is 2.24. The van der Waals surface area contributed by atoms with E-state index >= 15 is 0 Å². The fourth-order valence-electron chi connectivity index (χ4n) is 3.33. The first-order valence-electron chi connectivity index (χ1n) is 10.3. The maximum atomic E-state index is 13.1. The molecule has 1 amide bonds. The van der Waals surface area contributed by atoms with E-state index in [2.05, 4.69) is 23.0 Å². The predicted molar refractivity (Wildman–Crippen MR) is 125 cm³/mol. The second-order valence-electron chi connectivity index (χ2n) is 7.74. The molecule has 0 aliphatic carbocycles. The average molecular weight is 437 g/mol. The van der Waals surface area contributed by atoms with Gasteiger partial charge in [-0.3, -0.25) is 9.52 Å². The molecule has 0 spiro atoms. The van der Waals surface area contributed by atoms with E-state index in [1.54, 1.807) is 48.5 Å². The molecule has 0 bridgehead atoms. The van der Waals surface area contributed by atoms with Crippen LogP contribution in [-0.2, 0) is 10.0 Å². The zero-order valence-electron chi connectivity index (χ0n) is 18.3. The van der Waals surface area contributed by atoms with E-state index < -0.39 is 10.0 Å². The van der Waals surface area contributed by atoms with E-state index in [1.165, 1.54) is 5.56 Å². The minimum absolute atomic E-state index is 0.148. The molecule has 0 aromatic heterocycles. The maximum Gasteiger partial charge on any atom is 0.261 e. The average Bonchev–Trinajstić information content (AvgIpc) is 2.74. The lowest BCUT2D eigenvalue weighted by atomic mass is 9.99. The van der Waals surface area contributed by atoms with E-state index in [-0.39, 0.29) is 28.1 Å². The van der Waals surface area contributed by atoms with Gasteiger partial charge in [-0.2, -0.15) is 0 Å². The van der Waals surface area contributed by atoms with E-state index in [0.29, 0.717) is 6.42 Å². The highest BCUT2D eigenvalue weighted by molar-refractivity contribution is 7.92. The van der Waals surface area contributed by atoms with Gasteiger partial charge in [-0.1, -0.05) is 55.0 Å². The molecule has 6 heteroatoms. The number of hydrogen-bond acceptors (Lipinski definition) is 3. The fraction of sp³-hybridized carbons (Fsp3) is 0.240. The van der Waals surface area contributed by atoms with Crippen molar-refractivity contribution in [2.24, 2.45) is 0 Å². The summed E-state index contributed by atoms with van der Waals surface area (Å²) in [5, 5.41) is 3.05. The summed E-state index contributed by atoms with van der Waals surface area (Å²) >= 11 is 0. The Kier molecular flexibility index (Phi) is 6.81. The number of carbonyl (C=O) groups is 1. The molecular formula is C25H28N2O3S. The van der Waals surface area contributed by atoms with Gasteiger partial charge in [-0.15, -0.1) is 0 Å². The summed E-state index contributed by atoms with van der Waals surface area (Å²) in [4.78, 5) is 13.2. The SMILES string of the molecule is CCC(NC(=O)c1ccccc1NS(=O)(=O)c1ccc(C)cc1)c1ccc(C)c(C)c1. The van der Waals surface area contributed by atoms with Gasteiger partial charge in [-0.05, 0) is 68.1 Å². The molecule has 3 aromatic rings. The van der Waals surface area contributed by atoms with E-state index in [4.69, 9.17) is 0 Å². The summed E-state index contributed by atoms with van der Waals surface area (Å²) in [6.45, 7) is 7.99. The van der Waals surface area contributed by atoms with Crippen LogP contribution in [0.5, 0.6) is 0 Å². The van der Waals surface area contributed by atoms with Crippen LogP contribution in [-0.4, -0.2) is 14.3 Å². The van der Waals surface area contributed by atoms with Crippen molar-refractivity contribution in [1.29, 1.82) is 0 Å². The van der Waals surface area contributed by atoms with E-state index in [0.717, 1.165) is 16.7 Å². The number of rotatable bonds is 7. The first kappa shape index (κ1) is 22.6. The van der Waals surface area contributed by atoms with Crippen LogP contribution in [0.3, 0.4) is 0 Å². The number of hydrogen-bond donors (Lipinski definition) is 2. The smallest absolute Gasteiger partial charge is 0.261 e. The van der Waals surface area contributed by atoms with Gasteiger partial charge in [0.2, 0.25) is 0 Å². The van der Waals surface area contributed by atoms with Crippen molar-refractivity contribution in [1.82, 2.24) is 5.32 Å². The van der Waals surface area contributed by atoms with Crippen molar-refractivity contribution in [3.63, 3.8) is 0 Å². The number of aryl methyl sites for hydroxylation is 3. The Morgan fingerprint density at radius 1 is 0.903 bits per heavy atom.